The molecule has 3 nitrogen and oxygen atoms in total. The van der Waals surface area contributed by atoms with Gasteiger partial charge in [0.25, 0.3) is 0 Å². The van der Waals surface area contributed by atoms with Gasteiger partial charge in [-0.1, -0.05) is 41.9 Å². The van der Waals surface area contributed by atoms with Crippen molar-refractivity contribution < 1.29 is 14.3 Å². The summed E-state index contributed by atoms with van der Waals surface area (Å²) in [6.45, 7) is 5.73. The van der Waals surface area contributed by atoms with Crippen LogP contribution in [-0.4, -0.2) is 30.4 Å². The molecule has 1 aliphatic rings. The Morgan fingerprint density at radius 3 is 2.67 bits per heavy atom. The molecule has 0 spiro atoms. The summed E-state index contributed by atoms with van der Waals surface area (Å²) in [5.74, 6) is 1.13. The van der Waals surface area contributed by atoms with Gasteiger partial charge in [0.15, 0.2) is 6.29 Å². The third-order valence-electron chi connectivity index (χ3n) is 2.51. The standard InChI is InChI=1S/C11H20O3S2.C2H6/c1-9(13-2)14-11(12)6-4-3-5-10-7-8-15-16-10;1-2/h9-10H,3-8H2,1-2H3;1-2H3. The van der Waals surface area contributed by atoms with Crippen LogP contribution < -0.4 is 0 Å². The molecule has 0 aromatic rings. The van der Waals surface area contributed by atoms with E-state index >= 15 is 0 Å². The van der Waals surface area contributed by atoms with Gasteiger partial charge in [-0.05, 0) is 26.2 Å². The molecule has 2 atom stereocenters. The fourth-order valence-electron chi connectivity index (χ4n) is 1.50. The molecule has 0 aromatic carbocycles. The summed E-state index contributed by atoms with van der Waals surface area (Å²) in [5, 5.41) is 0.805. The lowest BCUT2D eigenvalue weighted by Crippen LogP contribution is -2.16. The SMILES string of the molecule is CC.COC(C)OC(=O)CCCCC1CCSS1. The van der Waals surface area contributed by atoms with Gasteiger partial charge < -0.3 is 9.47 Å². The molecule has 1 fully saturated rings. The van der Waals surface area contributed by atoms with Crippen LogP contribution in [0.25, 0.3) is 0 Å². The van der Waals surface area contributed by atoms with E-state index in [1.54, 1.807) is 6.92 Å². The van der Waals surface area contributed by atoms with Crippen LogP contribution in [0.3, 0.4) is 0 Å². The van der Waals surface area contributed by atoms with E-state index in [1.807, 2.05) is 35.4 Å². The molecular weight excluding hydrogens is 268 g/mol. The van der Waals surface area contributed by atoms with Crippen LogP contribution in [0.5, 0.6) is 0 Å². The zero-order valence-corrected chi connectivity index (χ0v) is 13.6. The number of methoxy groups -OCH3 is 1. The smallest absolute Gasteiger partial charge is 0.308 e. The lowest BCUT2D eigenvalue weighted by atomic mass is 10.1. The Labute approximate surface area is 119 Å². The monoisotopic (exact) mass is 294 g/mol. The van der Waals surface area contributed by atoms with Gasteiger partial charge in [-0.25, -0.2) is 0 Å². The minimum Gasteiger partial charge on any atom is -0.436 e. The predicted molar refractivity (Wildman–Crippen MR) is 80.8 cm³/mol. The second kappa shape index (κ2) is 12.2. The van der Waals surface area contributed by atoms with E-state index in [2.05, 4.69) is 0 Å². The topological polar surface area (TPSA) is 35.5 Å². The fraction of sp³-hybridized carbons (Fsp3) is 0.923. The van der Waals surface area contributed by atoms with Crippen LogP contribution in [0.15, 0.2) is 0 Å². The Hall–Kier alpha value is 0.130. The van der Waals surface area contributed by atoms with Gasteiger partial charge in [0.1, 0.15) is 0 Å². The number of carbonyl (C=O) groups excluding carboxylic acids is 1. The van der Waals surface area contributed by atoms with E-state index in [4.69, 9.17) is 9.47 Å². The van der Waals surface area contributed by atoms with Crippen LogP contribution in [0.2, 0.25) is 0 Å². The van der Waals surface area contributed by atoms with Gasteiger partial charge in [-0.15, -0.1) is 0 Å². The highest BCUT2D eigenvalue weighted by Gasteiger charge is 2.16. The van der Waals surface area contributed by atoms with Crippen LogP contribution in [-0.2, 0) is 14.3 Å². The molecule has 0 aromatic heterocycles. The first-order chi connectivity index (χ1) is 8.72. The summed E-state index contributed by atoms with van der Waals surface area (Å²) in [5.41, 5.74) is 0. The Morgan fingerprint density at radius 2 is 2.11 bits per heavy atom. The summed E-state index contributed by atoms with van der Waals surface area (Å²) < 4.78 is 9.86. The Kier molecular flexibility index (Phi) is 12.3. The fourth-order valence-corrected chi connectivity index (χ4v) is 4.53. The Balaban J connectivity index is 0.00000137. The van der Waals surface area contributed by atoms with Crippen molar-refractivity contribution in [2.45, 2.75) is 64.4 Å². The van der Waals surface area contributed by atoms with Crippen LogP contribution in [0.4, 0.5) is 0 Å². The molecule has 0 bridgehead atoms. The van der Waals surface area contributed by atoms with E-state index in [0.717, 1.165) is 18.1 Å². The molecule has 0 N–H and O–H groups in total. The van der Waals surface area contributed by atoms with Crippen molar-refractivity contribution in [3.05, 3.63) is 0 Å². The number of unbranched alkanes of at least 4 members (excludes halogenated alkanes) is 1. The molecule has 0 radical (unpaired) electrons. The first kappa shape index (κ1) is 18.1. The molecule has 2 unspecified atom stereocenters. The van der Waals surface area contributed by atoms with Crippen LogP contribution in [0, 0.1) is 0 Å². The van der Waals surface area contributed by atoms with Gasteiger partial charge in [0.05, 0.1) is 0 Å². The highest BCUT2D eigenvalue weighted by atomic mass is 33.1. The van der Waals surface area contributed by atoms with Crippen molar-refractivity contribution in [3.8, 4) is 0 Å². The molecule has 18 heavy (non-hydrogen) atoms. The van der Waals surface area contributed by atoms with E-state index in [1.165, 1.54) is 25.7 Å². The van der Waals surface area contributed by atoms with Gasteiger partial charge in [0.2, 0.25) is 0 Å². The molecule has 1 saturated heterocycles. The lowest BCUT2D eigenvalue weighted by Gasteiger charge is -2.11. The van der Waals surface area contributed by atoms with E-state index in [-0.39, 0.29) is 5.97 Å². The predicted octanol–water partition coefficient (Wildman–Crippen LogP) is 4.26. The van der Waals surface area contributed by atoms with Gasteiger partial charge >= 0.3 is 5.97 Å². The summed E-state index contributed by atoms with van der Waals surface area (Å²) in [6, 6.07) is 0. The first-order valence-corrected chi connectivity index (χ1v) is 9.11. The average Bonchev–Trinajstić information content (AvgIpc) is 2.90. The highest BCUT2D eigenvalue weighted by molar-refractivity contribution is 8.77. The first-order valence-electron chi connectivity index (χ1n) is 6.73. The molecule has 5 heteroatoms. The highest BCUT2D eigenvalue weighted by Crippen LogP contribution is 2.39. The van der Waals surface area contributed by atoms with Crippen LogP contribution >= 0.6 is 21.6 Å². The molecule has 1 heterocycles. The maximum absolute atomic E-state index is 11.3. The molecule has 1 aliphatic heterocycles. The van der Waals surface area contributed by atoms with Crippen molar-refractivity contribution in [2.24, 2.45) is 0 Å². The number of hydrogen-bond donors (Lipinski definition) is 0. The minimum absolute atomic E-state index is 0.150. The number of hydrogen-bond acceptors (Lipinski definition) is 5. The third kappa shape index (κ3) is 9.11. The molecule has 108 valence electrons. The summed E-state index contributed by atoms with van der Waals surface area (Å²) >= 11 is 0. The number of carbonyl (C=O) groups is 1. The van der Waals surface area contributed by atoms with Gasteiger partial charge in [0, 0.05) is 24.5 Å². The normalized spacial score (nSPS) is 19.9. The third-order valence-corrected chi connectivity index (χ3v) is 5.52. The quantitative estimate of drug-likeness (QED) is 0.303. The Bertz CT molecular complexity index is 206. The van der Waals surface area contributed by atoms with Crippen molar-refractivity contribution in [1.29, 1.82) is 0 Å². The summed E-state index contributed by atoms with van der Waals surface area (Å²) in [6.07, 6.45) is 4.68. The van der Waals surface area contributed by atoms with Gasteiger partial charge in [-0.3, -0.25) is 4.79 Å². The Morgan fingerprint density at radius 1 is 1.39 bits per heavy atom. The number of rotatable bonds is 7. The van der Waals surface area contributed by atoms with Crippen molar-refractivity contribution in [1.82, 2.24) is 0 Å². The van der Waals surface area contributed by atoms with E-state index in [9.17, 15) is 4.79 Å². The lowest BCUT2D eigenvalue weighted by molar-refractivity contribution is -0.169. The van der Waals surface area contributed by atoms with Crippen molar-refractivity contribution >= 4 is 27.6 Å². The molecule has 1 rings (SSSR count). The average molecular weight is 294 g/mol. The van der Waals surface area contributed by atoms with Gasteiger partial charge in [-0.2, -0.15) is 0 Å². The van der Waals surface area contributed by atoms with Crippen molar-refractivity contribution in [2.75, 3.05) is 12.9 Å². The molecular formula is C13H26O3S2. The van der Waals surface area contributed by atoms with E-state index in [0.29, 0.717) is 6.42 Å². The minimum atomic E-state index is -0.422. The number of esters is 1. The van der Waals surface area contributed by atoms with E-state index < -0.39 is 6.29 Å². The van der Waals surface area contributed by atoms with Crippen LogP contribution in [0.1, 0.15) is 52.9 Å². The molecule has 0 aliphatic carbocycles. The zero-order chi connectivity index (χ0) is 13.8. The zero-order valence-electron chi connectivity index (χ0n) is 11.9. The molecule has 0 saturated carbocycles. The number of ether oxygens (including phenoxy) is 2. The summed E-state index contributed by atoms with van der Waals surface area (Å²) in [7, 11) is 5.50. The largest absolute Gasteiger partial charge is 0.436 e. The summed E-state index contributed by atoms with van der Waals surface area (Å²) in [4.78, 5) is 11.3. The van der Waals surface area contributed by atoms with Crippen molar-refractivity contribution in [3.63, 3.8) is 0 Å². The maximum Gasteiger partial charge on any atom is 0.308 e. The molecule has 0 amide bonds. The second-order valence-electron chi connectivity index (χ2n) is 3.87. The maximum atomic E-state index is 11.3. The second-order valence-corrected chi connectivity index (χ2v) is 6.66.